The Balaban J connectivity index is 1.92. The maximum atomic E-state index is 12.3. The average Bonchev–Trinajstić information content (AvgIpc) is 2.39. The van der Waals surface area contributed by atoms with Gasteiger partial charge in [-0.15, -0.1) is 0 Å². The molecule has 2 N–H and O–H groups in total. The van der Waals surface area contributed by atoms with Gasteiger partial charge in [0.1, 0.15) is 0 Å². The van der Waals surface area contributed by atoms with E-state index in [0.29, 0.717) is 18.7 Å². The van der Waals surface area contributed by atoms with Gasteiger partial charge in [0.05, 0.1) is 12.5 Å². The molecule has 1 amide bonds. The van der Waals surface area contributed by atoms with Crippen molar-refractivity contribution in [2.75, 3.05) is 25.4 Å². The lowest BCUT2D eigenvalue weighted by Gasteiger charge is -2.32. The van der Waals surface area contributed by atoms with E-state index in [0.717, 1.165) is 31.5 Å². The number of nitrogen functional groups attached to an aromatic ring is 1. The summed E-state index contributed by atoms with van der Waals surface area (Å²) in [6.45, 7) is 4.26. The zero-order chi connectivity index (χ0) is 13.7. The van der Waals surface area contributed by atoms with Gasteiger partial charge in [-0.3, -0.25) is 4.79 Å². The molecular weight excluding hydrogens is 240 g/mol. The van der Waals surface area contributed by atoms with E-state index in [-0.39, 0.29) is 12.0 Å². The lowest BCUT2D eigenvalue weighted by Crippen LogP contribution is -2.43. The summed E-state index contributed by atoms with van der Waals surface area (Å²) in [4.78, 5) is 14.2. The number of amides is 1. The largest absolute Gasteiger partial charge is 0.399 e. The second kappa shape index (κ2) is 6.57. The van der Waals surface area contributed by atoms with Gasteiger partial charge in [-0.25, -0.2) is 0 Å². The molecular formula is C15H22N2O2. The Hall–Kier alpha value is -1.55. The van der Waals surface area contributed by atoms with Crippen LogP contribution in [0, 0.1) is 0 Å². The topological polar surface area (TPSA) is 55.6 Å². The molecule has 1 unspecified atom stereocenters. The Morgan fingerprint density at radius 2 is 2.37 bits per heavy atom. The molecule has 1 heterocycles. The summed E-state index contributed by atoms with van der Waals surface area (Å²) in [7, 11) is 0. The maximum Gasteiger partial charge on any atom is 0.227 e. The second-order valence-corrected chi connectivity index (χ2v) is 4.98. The van der Waals surface area contributed by atoms with Gasteiger partial charge in [-0.05, 0) is 37.5 Å². The van der Waals surface area contributed by atoms with Gasteiger partial charge in [-0.1, -0.05) is 12.1 Å². The summed E-state index contributed by atoms with van der Waals surface area (Å²) >= 11 is 0. The van der Waals surface area contributed by atoms with Crippen LogP contribution >= 0.6 is 0 Å². The highest BCUT2D eigenvalue weighted by molar-refractivity contribution is 5.79. The molecule has 0 bridgehead atoms. The summed E-state index contributed by atoms with van der Waals surface area (Å²) in [5.41, 5.74) is 7.41. The number of likely N-dealkylation sites (tertiary alicyclic amines) is 1. The number of piperidine rings is 1. The number of hydrogen-bond donors (Lipinski definition) is 1. The fourth-order valence-electron chi connectivity index (χ4n) is 2.53. The Labute approximate surface area is 114 Å². The number of carbonyl (C=O) groups excluding carboxylic acids is 1. The molecule has 19 heavy (non-hydrogen) atoms. The van der Waals surface area contributed by atoms with Crippen molar-refractivity contribution in [1.29, 1.82) is 0 Å². The Kier molecular flexibility index (Phi) is 4.80. The highest BCUT2D eigenvalue weighted by Crippen LogP contribution is 2.15. The zero-order valence-electron chi connectivity index (χ0n) is 11.5. The third kappa shape index (κ3) is 3.96. The van der Waals surface area contributed by atoms with E-state index in [9.17, 15) is 4.79 Å². The van der Waals surface area contributed by atoms with E-state index in [1.165, 1.54) is 0 Å². The highest BCUT2D eigenvalue weighted by Gasteiger charge is 2.23. The van der Waals surface area contributed by atoms with Gasteiger partial charge in [0.2, 0.25) is 5.91 Å². The third-order valence-corrected chi connectivity index (χ3v) is 3.44. The lowest BCUT2D eigenvalue weighted by atomic mass is 10.1. The summed E-state index contributed by atoms with van der Waals surface area (Å²) in [6, 6.07) is 7.53. The van der Waals surface area contributed by atoms with E-state index >= 15 is 0 Å². The fraction of sp³-hybridized carbons (Fsp3) is 0.533. The zero-order valence-corrected chi connectivity index (χ0v) is 11.5. The first-order valence-electron chi connectivity index (χ1n) is 6.93. The van der Waals surface area contributed by atoms with Crippen molar-refractivity contribution in [2.24, 2.45) is 0 Å². The molecule has 1 aliphatic heterocycles. The molecule has 1 saturated heterocycles. The number of carbonyl (C=O) groups is 1. The monoisotopic (exact) mass is 262 g/mol. The SMILES string of the molecule is CCOC1CCCN(C(=O)Cc2cccc(N)c2)C1. The van der Waals surface area contributed by atoms with Gasteiger partial charge in [0.25, 0.3) is 0 Å². The second-order valence-electron chi connectivity index (χ2n) is 4.98. The number of rotatable bonds is 4. The first-order valence-corrected chi connectivity index (χ1v) is 6.93. The van der Waals surface area contributed by atoms with Crippen LogP contribution in [0.1, 0.15) is 25.3 Å². The molecule has 4 nitrogen and oxygen atoms in total. The van der Waals surface area contributed by atoms with Crippen molar-refractivity contribution in [3.8, 4) is 0 Å². The third-order valence-electron chi connectivity index (χ3n) is 3.44. The molecule has 0 aliphatic carbocycles. The molecule has 0 saturated carbocycles. The normalized spacial score (nSPS) is 19.4. The quantitative estimate of drug-likeness (QED) is 0.842. The van der Waals surface area contributed by atoms with Crippen LogP contribution < -0.4 is 5.73 Å². The minimum atomic E-state index is 0.162. The molecule has 1 atom stereocenters. The Morgan fingerprint density at radius 1 is 1.53 bits per heavy atom. The molecule has 104 valence electrons. The van der Waals surface area contributed by atoms with Gasteiger partial charge >= 0.3 is 0 Å². The van der Waals surface area contributed by atoms with Crippen LogP contribution in [0.5, 0.6) is 0 Å². The van der Waals surface area contributed by atoms with Crippen LogP contribution in [0.4, 0.5) is 5.69 Å². The number of anilines is 1. The molecule has 1 aromatic rings. The van der Waals surface area contributed by atoms with Gasteiger partial charge < -0.3 is 15.4 Å². The summed E-state index contributed by atoms with van der Waals surface area (Å²) in [5, 5.41) is 0. The smallest absolute Gasteiger partial charge is 0.227 e. The summed E-state index contributed by atoms with van der Waals surface area (Å²) in [6.07, 6.45) is 2.69. The molecule has 4 heteroatoms. The molecule has 1 aliphatic rings. The van der Waals surface area contributed by atoms with E-state index in [1.807, 2.05) is 36.1 Å². The first-order chi connectivity index (χ1) is 9.19. The van der Waals surface area contributed by atoms with Gasteiger partial charge in [-0.2, -0.15) is 0 Å². The number of nitrogens with zero attached hydrogens (tertiary/aromatic N) is 1. The molecule has 1 fully saturated rings. The van der Waals surface area contributed by atoms with Crippen LogP contribution in [0.15, 0.2) is 24.3 Å². The van der Waals surface area contributed by atoms with Gasteiger partial charge in [0, 0.05) is 25.4 Å². The molecule has 1 aromatic carbocycles. The predicted molar refractivity (Wildman–Crippen MR) is 75.8 cm³/mol. The molecule has 0 spiro atoms. The van der Waals surface area contributed by atoms with Crippen molar-refractivity contribution in [2.45, 2.75) is 32.3 Å². The highest BCUT2D eigenvalue weighted by atomic mass is 16.5. The molecule has 2 rings (SSSR count). The van der Waals surface area contributed by atoms with E-state index in [2.05, 4.69) is 0 Å². The average molecular weight is 262 g/mol. The number of benzene rings is 1. The fourth-order valence-corrected chi connectivity index (χ4v) is 2.53. The van der Waals surface area contributed by atoms with Crippen molar-refractivity contribution in [1.82, 2.24) is 4.90 Å². The minimum absolute atomic E-state index is 0.162. The predicted octanol–water partition coefficient (Wildman–Crippen LogP) is 1.84. The number of ether oxygens (including phenoxy) is 1. The van der Waals surface area contributed by atoms with Gasteiger partial charge in [0.15, 0.2) is 0 Å². The van der Waals surface area contributed by atoms with Crippen LogP contribution in [-0.2, 0) is 16.0 Å². The van der Waals surface area contributed by atoms with Crippen LogP contribution in [-0.4, -0.2) is 36.6 Å². The minimum Gasteiger partial charge on any atom is -0.399 e. The van der Waals surface area contributed by atoms with Crippen molar-refractivity contribution < 1.29 is 9.53 Å². The van der Waals surface area contributed by atoms with E-state index in [1.54, 1.807) is 0 Å². The van der Waals surface area contributed by atoms with Crippen LogP contribution in [0.3, 0.4) is 0 Å². The summed E-state index contributed by atoms with van der Waals surface area (Å²) in [5.74, 6) is 0.162. The number of hydrogen-bond acceptors (Lipinski definition) is 3. The first kappa shape index (κ1) is 13.9. The lowest BCUT2D eigenvalue weighted by molar-refractivity contribution is -0.134. The molecule has 0 radical (unpaired) electrons. The number of nitrogens with two attached hydrogens (primary N) is 1. The van der Waals surface area contributed by atoms with Crippen LogP contribution in [0.2, 0.25) is 0 Å². The maximum absolute atomic E-state index is 12.3. The van der Waals surface area contributed by atoms with Crippen molar-refractivity contribution in [3.63, 3.8) is 0 Å². The van der Waals surface area contributed by atoms with Crippen molar-refractivity contribution >= 4 is 11.6 Å². The van der Waals surface area contributed by atoms with Crippen molar-refractivity contribution in [3.05, 3.63) is 29.8 Å². The Bertz CT molecular complexity index is 432. The Morgan fingerprint density at radius 3 is 3.11 bits per heavy atom. The standard InChI is InChI=1S/C15H22N2O2/c1-2-19-14-7-4-8-17(11-14)15(18)10-12-5-3-6-13(16)9-12/h3,5-6,9,14H,2,4,7-8,10-11,16H2,1H3. The van der Waals surface area contributed by atoms with Crippen LogP contribution in [0.25, 0.3) is 0 Å². The van der Waals surface area contributed by atoms with E-state index < -0.39 is 0 Å². The molecule has 0 aromatic heterocycles. The van der Waals surface area contributed by atoms with E-state index in [4.69, 9.17) is 10.5 Å². The summed E-state index contributed by atoms with van der Waals surface area (Å²) < 4.78 is 5.62.